The van der Waals surface area contributed by atoms with Gasteiger partial charge in [-0.15, -0.1) is 0 Å². The summed E-state index contributed by atoms with van der Waals surface area (Å²) in [5.74, 6) is 0.639. The molecule has 3 nitrogen and oxygen atoms in total. The van der Waals surface area contributed by atoms with Gasteiger partial charge in [-0.2, -0.15) is 0 Å². The summed E-state index contributed by atoms with van der Waals surface area (Å²) in [6, 6.07) is 6.23. The molecule has 1 heterocycles. The summed E-state index contributed by atoms with van der Waals surface area (Å²) in [4.78, 5) is 4.50. The molecule has 0 spiro atoms. The first-order valence-corrected chi connectivity index (χ1v) is 8.51. The Morgan fingerprint density at radius 2 is 2.35 bits per heavy atom. The van der Waals surface area contributed by atoms with E-state index in [-0.39, 0.29) is 6.04 Å². The van der Waals surface area contributed by atoms with Gasteiger partial charge in [0.05, 0.1) is 10.2 Å². The molecule has 0 radical (unpaired) electrons. The molecular formula is C11H13BrN2OS2. The fourth-order valence-corrected chi connectivity index (χ4v) is 3.66. The number of nitrogens with one attached hydrogen (secondary N) is 1. The van der Waals surface area contributed by atoms with Gasteiger partial charge in [-0.25, -0.2) is 4.98 Å². The van der Waals surface area contributed by atoms with Crippen molar-refractivity contribution in [3.05, 3.63) is 22.7 Å². The normalized spacial score (nSPS) is 14.8. The van der Waals surface area contributed by atoms with Crippen LogP contribution in [0.5, 0.6) is 0 Å². The maximum Gasteiger partial charge on any atom is 0.184 e. The van der Waals surface area contributed by atoms with Crippen LogP contribution in [0.15, 0.2) is 22.7 Å². The van der Waals surface area contributed by atoms with Crippen LogP contribution in [-0.2, 0) is 10.8 Å². The van der Waals surface area contributed by atoms with E-state index in [1.54, 1.807) is 17.6 Å². The van der Waals surface area contributed by atoms with Crippen LogP contribution in [-0.4, -0.2) is 27.2 Å². The minimum Gasteiger partial charge on any atom is -0.358 e. The Morgan fingerprint density at radius 3 is 3.06 bits per heavy atom. The molecule has 17 heavy (non-hydrogen) atoms. The molecule has 0 aliphatic rings. The van der Waals surface area contributed by atoms with Crippen LogP contribution in [0.4, 0.5) is 5.13 Å². The quantitative estimate of drug-likeness (QED) is 0.934. The molecule has 0 aliphatic carbocycles. The lowest BCUT2D eigenvalue weighted by molar-refractivity contribution is 0.683. The Bertz CT molecular complexity index is 555. The number of fused-ring (bicyclic) bond motifs is 1. The molecular weight excluding hydrogens is 320 g/mol. The number of rotatable bonds is 4. The number of thiazole rings is 1. The van der Waals surface area contributed by atoms with Crippen molar-refractivity contribution in [2.45, 2.75) is 13.0 Å². The third-order valence-electron chi connectivity index (χ3n) is 2.20. The minimum absolute atomic E-state index is 0.171. The monoisotopic (exact) mass is 332 g/mol. The molecule has 2 aromatic rings. The van der Waals surface area contributed by atoms with E-state index >= 15 is 0 Å². The van der Waals surface area contributed by atoms with Gasteiger partial charge in [0.1, 0.15) is 0 Å². The number of benzene rings is 1. The zero-order chi connectivity index (χ0) is 12.4. The van der Waals surface area contributed by atoms with Gasteiger partial charge in [0.25, 0.3) is 0 Å². The Morgan fingerprint density at radius 1 is 1.59 bits per heavy atom. The summed E-state index contributed by atoms with van der Waals surface area (Å²) in [5.41, 5.74) is 0.983. The molecule has 2 unspecified atom stereocenters. The number of aromatic nitrogens is 1. The van der Waals surface area contributed by atoms with Gasteiger partial charge in [0.15, 0.2) is 5.13 Å². The molecule has 0 fully saturated rings. The SMILES string of the molecule is CC(CS(C)=O)Nc1nc2cc(Br)ccc2s1. The van der Waals surface area contributed by atoms with Crippen molar-refractivity contribution in [2.75, 3.05) is 17.3 Å². The summed E-state index contributed by atoms with van der Waals surface area (Å²) < 4.78 is 13.3. The number of hydrogen-bond donors (Lipinski definition) is 1. The molecule has 2 rings (SSSR count). The third kappa shape index (κ3) is 3.50. The van der Waals surface area contributed by atoms with E-state index < -0.39 is 10.8 Å². The van der Waals surface area contributed by atoms with E-state index in [9.17, 15) is 4.21 Å². The zero-order valence-electron chi connectivity index (χ0n) is 9.57. The van der Waals surface area contributed by atoms with E-state index in [2.05, 4.69) is 26.2 Å². The highest BCUT2D eigenvalue weighted by molar-refractivity contribution is 9.10. The summed E-state index contributed by atoms with van der Waals surface area (Å²) in [6.07, 6.45) is 1.72. The Balaban J connectivity index is 2.16. The van der Waals surface area contributed by atoms with Gasteiger partial charge in [-0.3, -0.25) is 4.21 Å². The Labute approximate surface area is 115 Å². The van der Waals surface area contributed by atoms with Gasteiger partial charge in [0.2, 0.25) is 0 Å². The van der Waals surface area contributed by atoms with Crippen molar-refractivity contribution < 1.29 is 4.21 Å². The fraction of sp³-hybridized carbons (Fsp3) is 0.364. The predicted octanol–water partition coefficient (Wildman–Crippen LogP) is 3.24. The van der Waals surface area contributed by atoms with Gasteiger partial charge in [-0.1, -0.05) is 27.3 Å². The molecule has 6 heteroatoms. The maximum atomic E-state index is 11.1. The first-order valence-electron chi connectivity index (χ1n) is 5.17. The second kappa shape index (κ2) is 5.46. The molecule has 1 aromatic carbocycles. The highest BCUT2D eigenvalue weighted by Gasteiger charge is 2.08. The van der Waals surface area contributed by atoms with Crippen molar-refractivity contribution in [1.29, 1.82) is 0 Å². The van der Waals surface area contributed by atoms with Crippen LogP contribution in [0.3, 0.4) is 0 Å². The van der Waals surface area contributed by atoms with Crippen molar-refractivity contribution in [2.24, 2.45) is 0 Å². The van der Waals surface area contributed by atoms with E-state index in [4.69, 9.17) is 0 Å². The lowest BCUT2D eigenvalue weighted by Gasteiger charge is -2.10. The molecule has 1 aromatic heterocycles. The number of hydrogen-bond acceptors (Lipinski definition) is 4. The van der Waals surface area contributed by atoms with E-state index in [0.29, 0.717) is 5.75 Å². The molecule has 0 saturated carbocycles. The van der Waals surface area contributed by atoms with E-state index in [1.807, 2.05) is 25.1 Å². The molecule has 0 aliphatic heterocycles. The van der Waals surface area contributed by atoms with Crippen LogP contribution in [0.2, 0.25) is 0 Å². The minimum atomic E-state index is -0.784. The van der Waals surface area contributed by atoms with Crippen molar-refractivity contribution in [1.82, 2.24) is 4.98 Å². The molecule has 2 atom stereocenters. The van der Waals surface area contributed by atoms with Crippen LogP contribution >= 0.6 is 27.3 Å². The highest BCUT2D eigenvalue weighted by Crippen LogP contribution is 2.28. The van der Waals surface area contributed by atoms with Gasteiger partial charge < -0.3 is 5.32 Å². The second-order valence-corrected chi connectivity index (χ2v) is 7.34. The molecule has 0 saturated heterocycles. The van der Waals surface area contributed by atoms with Crippen molar-refractivity contribution in [3.63, 3.8) is 0 Å². The number of halogens is 1. The lowest BCUT2D eigenvalue weighted by Crippen LogP contribution is -2.21. The van der Waals surface area contributed by atoms with Crippen LogP contribution in [0, 0.1) is 0 Å². The average Bonchev–Trinajstić information content (AvgIpc) is 2.57. The first kappa shape index (κ1) is 13.0. The second-order valence-electron chi connectivity index (χ2n) is 3.92. The summed E-state index contributed by atoms with van der Waals surface area (Å²) >= 11 is 5.05. The zero-order valence-corrected chi connectivity index (χ0v) is 12.8. The van der Waals surface area contributed by atoms with Crippen LogP contribution in [0.25, 0.3) is 10.2 Å². The van der Waals surface area contributed by atoms with Crippen LogP contribution in [0.1, 0.15) is 6.92 Å². The largest absolute Gasteiger partial charge is 0.358 e. The highest BCUT2D eigenvalue weighted by atomic mass is 79.9. The van der Waals surface area contributed by atoms with Gasteiger partial charge in [-0.05, 0) is 25.1 Å². The van der Waals surface area contributed by atoms with Gasteiger partial charge in [0, 0.05) is 33.3 Å². The summed E-state index contributed by atoms with van der Waals surface area (Å²) in [7, 11) is -0.784. The van der Waals surface area contributed by atoms with Gasteiger partial charge >= 0.3 is 0 Å². The summed E-state index contributed by atoms with van der Waals surface area (Å²) in [5, 5.41) is 4.17. The smallest absolute Gasteiger partial charge is 0.184 e. The van der Waals surface area contributed by atoms with Crippen molar-refractivity contribution in [3.8, 4) is 0 Å². The molecule has 92 valence electrons. The standard InChI is InChI=1S/C11H13BrN2OS2/c1-7(6-17(2)15)13-11-14-9-5-8(12)3-4-10(9)16-11/h3-5,7H,6H2,1-2H3,(H,13,14). The first-order chi connectivity index (χ1) is 8.04. The molecule has 1 N–H and O–H groups in total. The van der Waals surface area contributed by atoms with Crippen LogP contribution < -0.4 is 5.32 Å². The predicted molar refractivity (Wildman–Crippen MR) is 79.3 cm³/mol. The Hall–Kier alpha value is -0.460. The molecule has 0 bridgehead atoms. The fourth-order valence-electron chi connectivity index (χ4n) is 1.57. The number of nitrogens with zero attached hydrogens (tertiary/aromatic N) is 1. The van der Waals surface area contributed by atoms with E-state index in [1.165, 1.54) is 0 Å². The van der Waals surface area contributed by atoms with Crippen molar-refractivity contribution >= 4 is 53.4 Å². The average molecular weight is 333 g/mol. The Kier molecular flexibility index (Phi) is 4.17. The van der Waals surface area contributed by atoms with E-state index in [0.717, 1.165) is 19.8 Å². The third-order valence-corrected chi connectivity index (χ3v) is 4.63. The lowest BCUT2D eigenvalue weighted by atomic mass is 10.3. The maximum absolute atomic E-state index is 11.1. The summed E-state index contributed by atoms with van der Waals surface area (Å²) in [6.45, 7) is 2.02. The topological polar surface area (TPSA) is 42.0 Å². The number of anilines is 1. The molecule has 0 amide bonds.